The van der Waals surface area contributed by atoms with Crippen molar-refractivity contribution in [1.82, 2.24) is 4.98 Å². The van der Waals surface area contributed by atoms with Crippen molar-refractivity contribution in [1.29, 1.82) is 0 Å². The van der Waals surface area contributed by atoms with Crippen molar-refractivity contribution >= 4 is 11.3 Å². The predicted octanol–water partition coefficient (Wildman–Crippen LogP) is 2.74. The minimum Gasteiger partial charge on any atom is -0.316 e. The van der Waals surface area contributed by atoms with Crippen LogP contribution in [0.4, 0.5) is 4.39 Å². The lowest BCUT2D eigenvalue weighted by Crippen LogP contribution is -2.35. The van der Waals surface area contributed by atoms with E-state index in [0.717, 1.165) is 34.7 Å². The van der Waals surface area contributed by atoms with Gasteiger partial charge in [0, 0.05) is 11.1 Å². The van der Waals surface area contributed by atoms with Gasteiger partial charge >= 0.3 is 0 Å². The predicted molar refractivity (Wildman–Crippen MR) is 66.5 cm³/mol. The molecule has 0 aliphatic heterocycles. The standard InChI is InChI=1S/C13H13FN2S/c1-8-7-17-12(16-8)13(15)5-4-9-6-10(14)2-3-11(9)13/h2-3,6-7H,4-5,15H2,1H3. The van der Waals surface area contributed by atoms with Crippen molar-refractivity contribution in [2.45, 2.75) is 25.3 Å². The van der Waals surface area contributed by atoms with Crippen molar-refractivity contribution in [3.05, 3.63) is 51.2 Å². The number of aromatic nitrogens is 1. The van der Waals surface area contributed by atoms with Gasteiger partial charge in [0.05, 0.1) is 5.54 Å². The average molecular weight is 248 g/mol. The Morgan fingerprint density at radius 1 is 1.47 bits per heavy atom. The fourth-order valence-corrected chi connectivity index (χ4v) is 3.41. The summed E-state index contributed by atoms with van der Waals surface area (Å²) in [6.07, 6.45) is 1.63. The number of nitrogens with zero attached hydrogens (tertiary/aromatic N) is 1. The molecule has 4 heteroatoms. The molecule has 1 atom stereocenters. The van der Waals surface area contributed by atoms with Gasteiger partial charge in [0.2, 0.25) is 0 Å². The van der Waals surface area contributed by atoms with Crippen LogP contribution in [0.25, 0.3) is 0 Å². The minimum atomic E-state index is -0.526. The first-order valence-corrected chi connectivity index (χ1v) is 6.48. The van der Waals surface area contributed by atoms with Gasteiger partial charge in [0.15, 0.2) is 0 Å². The van der Waals surface area contributed by atoms with E-state index in [1.807, 2.05) is 12.3 Å². The number of halogens is 1. The number of hydrogen-bond acceptors (Lipinski definition) is 3. The molecule has 1 aromatic heterocycles. The zero-order valence-corrected chi connectivity index (χ0v) is 10.4. The molecule has 1 aromatic carbocycles. The maximum absolute atomic E-state index is 13.2. The van der Waals surface area contributed by atoms with E-state index in [1.165, 1.54) is 6.07 Å². The van der Waals surface area contributed by atoms with Crippen LogP contribution in [-0.4, -0.2) is 4.98 Å². The number of benzene rings is 1. The molecule has 0 saturated carbocycles. The second-order valence-corrected chi connectivity index (χ2v) is 5.42. The first kappa shape index (κ1) is 10.9. The summed E-state index contributed by atoms with van der Waals surface area (Å²) in [6, 6.07) is 4.87. The number of fused-ring (bicyclic) bond motifs is 1. The average Bonchev–Trinajstić information content (AvgIpc) is 2.85. The number of aryl methyl sites for hydroxylation is 2. The van der Waals surface area contributed by atoms with E-state index in [1.54, 1.807) is 23.5 Å². The van der Waals surface area contributed by atoms with E-state index < -0.39 is 5.54 Å². The highest BCUT2D eigenvalue weighted by atomic mass is 32.1. The van der Waals surface area contributed by atoms with E-state index in [0.29, 0.717) is 0 Å². The lowest BCUT2D eigenvalue weighted by atomic mass is 9.94. The third kappa shape index (κ3) is 1.59. The molecular formula is C13H13FN2S. The summed E-state index contributed by atoms with van der Waals surface area (Å²) in [6.45, 7) is 1.96. The first-order valence-electron chi connectivity index (χ1n) is 5.60. The van der Waals surface area contributed by atoms with Crippen molar-refractivity contribution in [2.75, 3.05) is 0 Å². The van der Waals surface area contributed by atoms with Gasteiger partial charge in [-0.15, -0.1) is 11.3 Å². The maximum atomic E-state index is 13.2. The highest BCUT2D eigenvalue weighted by Crippen LogP contribution is 2.41. The van der Waals surface area contributed by atoms with E-state index >= 15 is 0 Å². The van der Waals surface area contributed by atoms with Gasteiger partial charge in [0.25, 0.3) is 0 Å². The molecule has 1 aliphatic carbocycles. The van der Waals surface area contributed by atoms with Crippen LogP contribution in [0.1, 0.15) is 28.2 Å². The molecule has 88 valence electrons. The molecule has 2 N–H and O–H groups in total. The van der Waals surface area contributed by atoms with Crippen molar-refractivity contribution < 1.29 is 4.39 Å². The Bertz CT molecular complexity index is 579. The molecule has 2 aromatic rings. The van der Waals surface area contributed by atoms with Crippen LogP contribution in [0.15, 0.2) is 23.6 Å². The lowest BCUT2D eigenvalue weighted by molar-refractivity contribution is 0.530. The van der Waals surface area contributed by atoms with Gasteiger partial charge in [-0.25, -0.2) is 9.37 Å². The molecule has 0 radical (unpaired) electrons. The summed E-state index contributed by atoms with van der Waals surface area (Å²) >= 11 is 1.58. The smallest absolute Gasteiger partial charge is 0.123 e. The fraction of sp³-hybridized carbons (Fsp3) is 0.308. The molecule has 0 amide bonds. The van der Waals surface area contributed by atoms with Gasteiger partial charge in [-0.3, -0.25) is 0 Å². The number of rotatable bonds is 1. The quantitative estimate of drug-likeness (QED) is 0.842. The van der Waals surface area contributed by atoms with Crippen LogP contribution in [0.3, 0.4) is 0 Å². The summed E-state index contributed by atoms with van der Waals surface area (Å²) in [7, 11) is 0. The molecular weight excluding hydrogens is 235 g/mol. The van der Waals surface area contributed by atoms with Crippen LogP contribution in [0, 0.1) is 12.7 Å². The zero-order valence-electron chi connectivity index (χ0n) is 9.53. The van der Waals surface area contributed by atoms with Gasteiger partial charge in [0.1, 0.15) is 10.8 Å². The van der Waals surface area contributed by atoms with E-state index in [9.17, 15) is 4.39 Å². The van der Waals surface area contributed by atoms with Gasteiger partial charge in [-0.2, -0.15) is 0 Å². The number of hydrogen-bond donors (Lipinski definition) is 1. The second-order valence-electron chi connectivity index (χ2n) is 4.57. The molecule has 17 heavy (non-hydrogen) atoms. The lowest BCUT2D eigenvalue weighted by Gasteiger charge is -2.22. The molecule has 3 rings (SSSR count). The Hall–Kier alpha value is -1.26. The Kier molecular flexibility index (Phi) is 2.31. The summed E-state index contributed by atoms with van der Waals surface area (Å²) in [5.41, 5.74) is 8.98. The Morgan fingerprint density at radius 3 is 3.00 bits per heavy atom. The van der Waals surface area contributed by atoms with Crippen LogP contribution >= 0.6 is 11.3 Å². The molecule has 0 bridgehead atoms. The summed E-state index contributed by atoms with van der Waals surface area (Å²) in [5.74, 6) is -0.191. The molecule has 0 fully saturated rings. The monoisotopic (exact) mass is 248 g/mol. The molecule has 1 heterocycles. The van der Waals surface area contributed by atoms with Crippen LogP contribution in [-0.2, 0) is 12.0 Å². The third-order valence-electron chi connectivity index (χ3n) is 3.34. The van der Waals surface area contributed by atoms with Gasteiger partial charge in [-0.1, -0.05) is 6.07 Å². The summed E-state index contributed by atoms with van der Waals surface area (Å²) in [4.78, 5) is 4.49. The third-order valence-corrected chi connectivity index (χ3v) is 4.47. The summed E-state index contributed by atoms with van der Waals surface area (Å²) < 4.78 is 13.2. The van der Waals surface area contributed by atoms with Crippen molar-refractivity contribution in [2.24, 2.45) is 5.73 Å². The zero-order chi connectivity index (χ0) is 12.0. The molecule has 1 unspecified atom stereocenters. The first-order chi connectivity index (χ1) is 8.09. The van der Waals surface area contributed by atoms with E-state index in [-0.39, 0.29) is 5.82 Å². The largest absolute Gasteiger partial charge is 0.316 e. The Morgan fingerprint density at radius 2 is 2.29 bits per heavy atom. The highest BCUT2D eigenvalue weighted by molar-refractivity contribution is 7.09. The topological polar surface area (TPSA) is 38.9 Å². The Labute approximate surface area is 103 Å². The number of thiazole rings is 1. The SMILES string of the molecule is Cc1csc(C2(N)CCc3cc(F)ccc32)n1. The van der Waals surface area contributed by atoms with Crippen molar-refractivity contribution in [3.63, 3.8) is 0 Å². The fourth-order valence-electron chi connectivity index (χ4n) is 2.45. The van der Waals surface area contributed by atoms with E-state index in [4.69, 9.17) is 5.73 Å². The van der Waals surface area contributed by atoms with Gasteiger partial charge in [-0.05, 0) is 43.0 Å². The number of nitrogens with two attached hydrogens (primary N) is 1. The molecule has 1 aliphatic rings. The van der Waals surface area contributed by atoms with Gasteiger partial charge < -0.3 is 5.73 Å². The van der Waals surface area contributed by atoms with Crippen LogP contribution in [0.2, 0.25) is 0 Å². The van der Waals surface area contributed by atoms with E-state index in [2.05, 4.69) is 4.98 Å². The molecule has 0 saturated heterocycles. The van der Waals surface area contributed by atoms with Crippen LogP contribution in [0.5, 0.6) is 0 Å². The molecule has 0 spiro atoms. The normalized spacial score (nSPS) is 22.8. The van der Waals surface area contributed by atoms with Crippen LogP contribution < -0.4 is 5.73 Å². The highest BCUT2D eigenvalue weighted by Gasteiger charge is 2.39. The Balaban J connectivity index is 2.13. The second kappa shape index (κ2) is 3.62. The summed E-state index contributed by atoms with van der Waals surface area (Å²) in [5, 5.41) is 2.94. The maximum Gasteiger partial charge on any atom is 0.123 e. The minimum absolute atomic E-state index is 0.191. The van der Waals surface area contributed by atoms with Crippen molar-refractivity contribution in [3.8, 4) is 0 Å². The molecule has 2 nitrogen and oxygen atoms in total.